The Labute approximate surface area is 209 Å². The van der Waals surface area contributed by atoms with E-state index in [1.807, 2.05) is 19.0 Å². The van der Waals surface area contributed by atoms with Crippen molar-refractivity contribution in [3.8, 4) is 0 Å². The number of aromatic amines is 1. The maximum absolute atomic E-state index is 13.3. The molecule has 0 aliphatic carbocycles. The average Bonchev–Trinajstić information content (AvgIpc) is 3.29. The molecule has 10 heteroatoms. The van der Waals surface area contributed by atoms with E-state index in [0.717, 1.165) is 0 Å². The molecule has 3 rings (SSSR count). The van der Waals surface area contributed by atoms with Crippen LogP contribution in [0.3, 0.4) is 0 Å². The van der Waals surface area contributed by atoms with Gasteiger partial charge in [0.2, 0.25) is 0 Å². The molecule has 1 aromatic carbocycles. The number of aliphatic hydroxyl groups is 1. The Balaban J connectivity index is 2.17. The van der Waals surface area contributed by atoms with E-state index >= 15 is 0 Å². The van der Waals surface area contributed by atoms with Crippen LogP contribution in [0.5, 0.6) is 0 Å². The van der Waals surface area contributed by atoms with E-state index in [9.17, 15) is 24.3 Å². The van der Waals surface area contributed by atoms with Crippen molar-refractivity contribution in [2.45, 2.75) is 26.3 Å². The summed E-state index contributed by atoms with van der Waals surface area (Å²) in [4.78, 5) is 56.7. The van der Waals surface area contributed by atoms with E-state index in [1.54, 1.807) is 38.1 Å². The highest BCUT2D eigenvalue weighted by Crippen LogP contribution is 2.41. The highest BCUT2D eigenvalue weighted by molar-refractivity contribution is 6.46. The molecule has 1 amide bonds. The Kier molecular flexibility index (Phi) is 7.99. The first-order chi connectivity index (χ1) is 17.0. The van der Waals surface area contributed by atoms with Crippen molar-refractivity contribution in [2.24, 2.45) is 0 Å². The van der Waals surface area contributed by atoms with Crippen molar-refractivity contribution in [1.82, 2.24) is 14.8 Å². The van der Waals surface area contributed by atoms with Crippen molar-refractivity contribution in [1.29, 1.82) is 0 Å². The molecule has 1 fully saturated rings. The number of rotatable bonds is 8. The van der Waals surface area contributed by atoms with Crippen molar-refractivity contribution in [3.63, 3.8) is 0 Å². The number of esters is 2. The lowest BCUT2D eigenvalue weighted by molar-refractivity contribution is -0.139. The first-order valence-corrected chi connectivity index (χ1v) is 11.4. The molecule has 0 saturated carbocycles. The van der Waals surface area contributed by atoms with Gasteiger partial charge in [-0.1, -0.05) is 12.1 Å². The van der Waals surface area contributed by atoms with Crippen LogP contribution in [0.2, 0.25) is 0 Å². The number of Topliss-reactive ketones (excluding diaryl/α,β-unsaturated/α-hetero) is 1. The Morgan fingerprint density at radius 2 is 1.67 bits per heavy atom. The van der Waals surface area contributed by atoms with Gasteiger partial charge in [-0.25, -0.2) is 9.59 Å². The normalized spacial score (nSPS) is 17.1. The first-order valence-electron chi connectivity index (χ1n) is 11.4. The molecule has 0 bridgehead atoms. The van der Waals surface area contributed by atoms with Crippen LogP contribution in [-0.2, 0) is 19.1 Å². The highest BCUT2D eigenvalue weighted by Gasteiger charge is 2.46. The fourth-order valence-corrected chi connectivity index (χ4v) is 4.48. The van der Waals surface area contributed by atoms with Gasteiger partial charge in [0.1, 0.15) is 11.5 Å². The number of amides is 1. The average molecular weight is 498 g/mol. The van der Waals surface area contributed by atoms with E-state index in [4.69, 9.17) is 9.47 Å². The van der Waals surface area contributed by atoms with Gasteiger partial charge in [0.05, 0.1) is 31.4 Å². The zero-order valence-corrected chi connectivity index (χ0v) is 21.3. The number of aryl methyl sites for hydroxylation is 1. The van der Waals surface area contributed by atoms with E-state index in [1.165, 1.54) is 19.1 Å². The van der Waals surface area contributed by atoms with E-state index in [0.29, 0.717) is 35.3 Å². The lowest BCUT2D eigenvalue weighted by Crippen LogP contribution is -2.32. The molecule has 192 valence electrons. The maximum atomic E-state index is 13.3. The number of nitrogens with one attached hydrogen (secondary N) is 1. The van der Waals surface area contributed by atoms with Gasteiger partial charge in [-0.05, 0) is 64.2 Å². The van der Waals surface area contributed by atoms with Crippen LogP contribution in [0.4, 0.5) is 0 Å². The number of ether oxygens (including phenoxy) is 2. The van der Waals surface area contributed by atoms with Crippen molar-refractivity contribution >= 4 is 29.4 Å². The lowest BCUT2D eigenvalue weighted by atomic mass is 9.93. The predicted molar refractivity (Wildman–Crippen MR) is 132 cm³/mol. The molecule has 1 aromatic heterocycles. The third-order valence-electron chi connectivity index (χ3n) is 6.26. The number of hydrogen-bond acceptors (Lipinski definition) is 8. The van der Waals surface area contributed by atoms with Crippen LogP contribution in [0.1, 0.15) is 55.7 Å². The third kappa shape index (κ3) is 4.90. The van der Waals surface area contributed by atoms with Crippen molar-refractivity contribution in [3.05, 3.63) is 63.5 Å². The van der Waals surface area contributed by atoms with Crippen molar-refractivity contribution < 1.29 is 33.8 Å². The van der Waals surface area contributed by atoms with Crippen LogP contribution in [0.15, 0.2) is 29.8 Å². The summed E-state index contributed by atoms with van der Waals surface area (Å²) in [5.41, 5.74) is 2.03. The molecule has 2 aromatic rings. The second-order valence-corrected chi connectivity index (χ2v) is 8.88. The summed E-state index contributed by atoms with van der Waals surface area (Å²) in [6, 6.07) is 5.47. The van der Waals surface area contributed by atoms with Gasteiger partial charge in [0.15, 0.2) is 0 Å². The molecule has 2 heterocycles. The molecule has 1 unspecified atom stereocenters. The summed E-state index contributed by atoms with van der Waals surface area (Å²) in [7, 11) is 6.34. The number of carbonyl (C=O) groups is 4. The maximum Gasteiger partial charge on any atom is 0.354 e. The van der Waals surface area contributed by atoms with Crippen LogP contribution in [0, 0.1) is 13.8 Å². The molecule has 1 aliphatic rings. The number of likely N-dealkylation sites (tertiary alicyclic amines) is 1. The number of ketones is 1. The summed E-state index contributed by atoms with van der Waals surface area (Å²) in [5, 5.41) is 11.4. The van der Waals surface area contributed by atoms with Crippen LogP contribution >= 0.6 is 0 Å². The number of aliphatic hydroxyl groups excluding tert-OH is 1. The monoisotopic (exact) mass is 497 g/mol. The molecule has 0 spiro atoms. The van der Waals surface area contributed by atoms with Gasteiger partial charge in [-0.3, -0.25) is 9.59 Å². The molecular weight excluding hydrogens is 466 g/mol. The number of H-pyrrole nitrogens is 1. The minimum Gasteiger partial charge on any atom is -0.507 e. The minimum absolute atomic E-state index is 0.0858. The quantitative estimate of drug-likeness (QED) is 0.246. The van der Waals surface area contributed by atoms with Crippen LogP contribution < -0.4 is 0 Å². The second-order valence-electron chi connectivity index (χ2n) is 8.88. The summed E-state index contributed by atoms with van der Waals surface area (Å²) < 4.78 is 9.55. The molecule has 1 aliphatic heterocycles. The SMILES string of the molecule is COC(=O)c1ccc(C2/C(=C(/O)c3c(C)[nH]c(C(=O)OC)c3C)C(=O)C(=O)N2CCCN(C)C)cc1. The number of aromatic nitrogens is 1. The van der Waals surface area contributed by atoms with Crippen LogP contribution in [-0.4, -0.2) is 84.9 Å². The van der Waals surface area contributed by atoms with E-state index < -0.39 is 29.7 Å². The Hall–Kier alpha value is -3.92. The zero-order chi connectivity index (χ0) is 26.7. The Bertz CT molecular complexity index is 1220. The molecule has 10 nitrogen and oxygen atoms in total. The van der Waals surface area contributed by atoms with Gasteiger partial charge in [-0.15, -0.1) is 0 Å². The highest BCUT2D eigenvalue weighted by atomic mass is 16.5. The standard InChI is InChI=1S/C26H31N3O7/c1-14-18(15(2)27-20(14)26(34)36-6)22(30)19-21(16-8-10-17(11-9-16)25(33)35-5)29(24(32)23(19)31)13-7-12-28(3)4/h8-11,21,27,30H,7,12-13H2,1-6H3/b22-19-. The fourth-order valence-electron chi connectivity index (χ4n) is 4.48. The summed E-state index contributed by atoms with van der Waals surface area (Å²) in [6.45, 7) is 4.25. The number of benzene rings is 1. The Morgan fingerprint density at radius 1 is 1.06 bits per heavy atom. The number of hydrogen-bond donors (Lipinski definition) is 2. The second kappa shape index (κ2) is 10.8. The zero-order valence-electron chi connectivity index (χ0n) is 21.3. The molecule has 36 heavy (non-hydrogen) atoms. The van der Waals surface area contributed by atoms with Gasteiger partial charge in [0.25, 0.3) is 11.7 Å². The van der Waals surface area contributed by atoms with Crippen LogP contribution in [0.25, 0.3) is 5.76 Å². The third-order valence-corrected chi connectivity index (χ3v) is 6.26. The Morgan fingerprint density at radius 3 is 2.22 bits per heavy atom. The predicted octanol–water partition coefficient (Wildman–Crippen LogP) is 2.58. The molecule has 0 radical (unpaired) electrons. The lowest BCUT2D eigenvalue weighted by Gasteiger charge is -2.26. The number of carbonyl (C=O) groups excluding carboxylic acids is 4. The number of nitrogens with zero attached hydrogens (tertiary/aromatic N) is 2. The summed E-state index contributed by atoms with van der Waals surface area (Å²) in [5.74, 6) is -3.06. The largest absolute Gasteiger partial charge is 0.507 e. The van der Waals surface area contributed by atoms with E-state index in [-0.39, 0.29) is 29.1 Å². The molecular formula is C26H31N3O7. The van der Waals surface area contributed by atoms with E-state index in [2.05, 4.69) is 4.98 Å². The van der Waals surface area contributed by atoms with Gasteiger partial charge < -0.3 is 29.4 Å². The van der Waals surface area contributed by atoms with Gasteiger partial charge >= 0.3 is 11.9 Å². The molecule has 2 N–H and O–H groups in total. The summed E-state index contributed by atoms with van der Waals surface area (Å²) in [6.07, 6.45) is 0.603. The van der Waals surface area contributed by atoms with Gasteiger partial charge in [0, 0.05) is 17.8 Å². The van der Waals surface area contributed by atoms with Gasteiger partial charge in [-0.2, -0.15) is 0 Å². The summed E-state index contributed by atoms with van der Waals surface area (Å²) >= 11 is 0. The fraction of sp³-hybridized carbons (Fsp3) is 0.385. The smallest absolute Gasteiger partial charge is 0.354 e. The van der Waals surface area contributed by atoms with Crippen molar-refractivity contribution in [2.75, 3.05) is 41.4 Å². The minimum atomic E-state index is -0.880. The molecule has 1 saturated heterocycles. The molecule has 1 atom stereocenters. The number of methoxy groups -OCH3 is 2. The first kappa shape index (κ1) is 26.7. The topological polar surface area (TPSA) is 129 Å².